The number of benzene rings is 2. The van der Waals surface area contributed by atoms with Crippen LogP contribution >= 0.6 is 0 Å². The number of nitrogens with zero attached hydrogens (tertiary/aromatic N) is 1. The van der Waals surface area contributed by atoms with Gasteiger partial charge in [-0.1, -0.05) is 18.2 Å². The molecule has 2 N–H and O–H groups in total. The lowest BCUT2D eigenvalue weighted by atomic mass is 10.1. The van der Waals surface area contributed by atoms with Crippen molar-refractivity contribution in [3.63, 3.8) is 0 Å². The summed E-state index contributed by atoms with van der Waals surface area (Å²) < 4.78 is 19.3. The van der Waals surface area contributed by atoms with Gasteiger partial charge in [-0.25, -0.2) is 14.1 Å². The van der Waals surface area contributed by atoms with Gasteiger partial charge in [0.2, 0.25) is 0 Å². The summed E-state index contributed by atoms with van der Waals surface area (Å²) in [6.45, 7) is 2.04. The lowest BCUT2D eigenvalue weighted by Crippen LogP contribution is -2.54. The minimum atomic E-state index is -1.03. The van der Waals surface area contributed by atoms with Gasteiger partial charge in [-0.05, 0) is 42.8 Å². The number of phenols is 1. The molecule has 2 aromatic carbocycles. The Morgan fingerprint density at radius 3 is 2.63 bits per heavy atom. The minimum Gasteiger partial charge on any atom is -0.504 e. The number of barbiturate groups is 1. The maximum absolute atomic E-state index is 14.0. The van der Waals surface area contributed by atoms with Crippen molar-refractivity contribution in [2.24, 2.45) is 0 Å². The maximum Gasteiger partial charge on any atom is 0.336 e. The third-order valence-electron chi connectivity index (χ3n) is 3.79. The largest absolute Gasteiger partial charge is 0.504 e. The van der Waals surface area contributed by atoms with Gasteiger partial charge in [-0.2, -0.15) is 0 Å². The van der Waals surface area contributed by atoms with E-state index in [1.54, 1.807) is 6.92 Å². The summed E-state index contributed by atoms with van der Waals surface area (Å²) in [6, 6.07) is 8.46. The predicted molar refractivity (Wildman–Crippen MR) is 94.7 cm³/mol. The Morgan fingerprint density at radius 2 is 1.93 bits per heavy atom. The number of ether oxygens (including phenoxy) is 1. The summed E-state index contributed by atoms with van der Waals surface area (Å²) in [5.41, 5.74) is -0.234. The molecule has 27 heavy (non-hydrogen) atoms. The van der Waals surface area contributed by atoms with Crippen molar-refractivity contribution in [1.29, 1.82) is 0 Å². The zero-order valence-electron chi connectivity index (χ0n) is 14.2. The molecular formula is C19H15FN2O5. The van der Waals surface area contributed by atoms with Gasteiger partial charge >= 0.3 is 6.03 Å². The SMILES string of the molecule is CCOc1cc(/C=C2\C(=O)NC(=O)N(c3ccccc3F)C2=O)ccc1O. The van der Waals surface area contributed by atoms with Crippen molar-refractivity contribution in [2.45, 2.75) is 6.92 Å². The molecule has 0 radical (unpaired) electrons. The first-order chi connectivity index (χ1) is 12.9. The molecule has 3 rings (SSSR count). The Labute approximate surface area is 153 Å². The van der Waals surface area contributed by atoms with E-state index in [1.807, 2.05) is 5.32 Å². The number of halogens is 1. The van der Waals surface area contributed by atoms with Crippen LogP contribution in [-0.2, 0) is 9.59 Å². The van der Waals surface area contributed by atoms with Gasteiger partial charge in [0.1, 0.15) is 11.4 Å². The Bertz CT molecular complexity index is 970. The summed E-state index contributed by atoms with van der Waals surface area (Å²) in [5, 5.41) is 11.8. The lowest BCUT2D eigenvalue weighted by molar-refractivity contribution is -0.122. The number of nitrogens with one attached hydrogen (secondary N) is 1. The van der Waals surface area contributed by atoms with Crippen LogP contribution in [0.15, 0.2) is 48.0 Å². The average Bonchev–Trinajstić information content (AvgIpc) is 2.63. The molecule has 0 aliphatic carbocycles. The molecule has 0 atom stereocenters. The van der Waals surface area contributed by atoms with E-state index in [2.05, 4.69) is 0 Å². The molecule has 8 heteroatoms. The van der Waals surface area contributed by atoms with E-state index in [4.69, 9.17) is 4.74 Å². The number of hydrogen-bond acceptors (Lipinski definition) is 5. The van der Waals surface area contributed by atoms with Crippen molar-refractivity contribution < 1.29 is 28.6 Å². The Morgan fingerprint density at radius 1 is 1.19 bits per heavy atom. The van der Waals surface area contributed by atoms with Crippen LogP contribution in [0.3, 0.4) is 0 Å². The number of hydrogen-bond donors (Lipinski definition) is 2. The minimum absolute atomic E-state index is 0.0958. The number of urea groups is 1. The quantitative estimate of drug-likeness (QED) is 0.637. The van der Waals surface area contributed by atoms with Crippen LogP contribution in [-0.4, -0.2) is 29.6 Å². The highest BCUT2D eigenvalue weighted by atomic mass is 19.1. The third-order valence-corrected chi connectivity index (χ3v) is 3.79. The Balaban J connectivity index is 2.02. The Hall–Kier alpha value is -3.68. The highest BCUT2D eigenvalue weighted by molar-refractivity contribution is 6.39. The van der Waals surface area contributed by atoms with E-state index in [0.29, 0.717) is 17.1 Å². The lowest BCUT2D eigenvalue weighted by Gasteiger charge is -2.26. The van der Waals surface area contributed by atoms with Crippen LogP contribution in [0.2, 0.25) is 0 Å². The molecule has 7 nitrogen and oxygen atoms in total. The van der Waals surface area contributed by atoms with Crippen molar-refractivity contribution in [1.82, 2.24) is 5.32 Å². The van der Waals surface area contributed by atoms with Gasteiger partial charge in [0.15, 0.2) is 11.5 Å². The third kappa shape index (κ3) is 3.50. The summed E-state index contributed by atoms with van der Waals surface area (Å²) in [7, 11) is 0. The first kappa shape index (κ1) is 18.1. The Kier molecular flexibility index (Phi) is 4.89. The molecule has 2 aromatic rings. The van der Waals surface area contributed by atoms with Gasteiger partial charge in [-0.15, -0.1) is 0 Å². The fraction of sp³-hybridized carbons (Fsp3) is 0.105. The van der Waals surface area contributed by atoms with Gasteiger partial charge in [0.05, 0.1) is 12.3 Å². The number of aromatic hydroxyl groups is 1. The second kappa shape index (κ2) is 7.28. The summed E-state index contributed by atoms with van der Waals surface area (Å²) in [5.74, 6) is -2.55. The van der Waals surface area contributed by atoms with E-state index >= 15 is 0 Å². The van der Waals surface area contributed by atoms with Crippen LogP contribution < -0.4 is 15.0 Å². The molecule has 0 spiro atoms. The summed E-state index contributed by atoms with van der Waals surface area (Å²) in [6.07, 6.45) is 1.24. The van der Waals surface area contributed by atoms with Gasteiger partial charge < -0.3 is 9.84 Å². The number of imide groups is 2. The highest BCUT2D eigenvalue weighted by Gasteiger charge is 2.37. The fourth-order valence-electron chi connectivity index (χ4n) is 2.57. The molecule has 1 saturated heterocycles. The molecule has 0 aromatic heterocycles. The topological polar surface area (TPSA) is 95.9 Å². The number of para-hydroxylation sites is 1. The standard InChI is InChI=1S/C19H15FN2O5/c1-2-27-16-10-11(7-8-15(16)23)9-12-17(24)21-19(26)22(18(12)25)14-6-4-3-5-13(14)20/h3-10,23H,2H2,1H3,(H,21,24,26)/b12-9+. The molecule has 1 aliphatic rings. The maximum atomic E-state index is 14.0. The van der Waals surface area contributed by atoms with Gasteiger partial charge in [0, 0.05) is 0 Å². The van der Waals surface area contributed by atoms with Crippen LogP contribution in [0.25, 0.3) is 6.08 Å². The normalized spacial score (nSPS) is 15.9. The van der Waals surface area contributed by atoms with Crippen molar-refractivity contribution in [3.8, 4) is 11.5 Å². The summed E-state index contributed by atoms with van der Waals surface area (Å²) >= 11 is 0. The van der Waals surface area contributed by atoms with Crippen LogP contribution in [0.4, 0.5) is 14.9 Å². The molecule has 4 amide bonds. The first-order valence-corrected chi connectivity index (χ1v) is 8.04. The monoisotopic (exact) mass is 370 g/mol. The fourth-order valence-corrected chi connectivity index (χ4v) is 2.57. The van der Waals surface area contributed by atoms with E-state index in [9.17, 15) is 23.9 Å². The molecule has 0 saturated carbocycles. The number of carbonyl (C=O) groups is 3. The number of carbonyl (C=O) groups excluding carboxylic acids is 3. The molecule has 0 unspecified atom stereocenters. The molecular weight excluding hydrogens is 355 g/mol. The zero-order chi connectivity index (χ0) is 19.6. The molecule has 0 bridgehead atoms. The highest BCUT2D eigenvalue weighted by Crippen LogP contribution is 2.29. The van der Waals surface area contributed by atoms with Crippen LogP contribution in [0.5, 0.6) is 11.5 Å². The number of anilines is 1. The van der Waals surface area contributed by atoms with Gasteiger partial charge in [-0.3, -0.25) is 14.9 Å². The van der Waals surface area contributed by atoms with Crippen LogP contribution in [0, 0.1) is 5.82 Å². The smallest absolute Gasteiger partial charge is 0.336 e. The first-order valence-electron chi connectivity index (χ1n) is 8.04. The molecule has 1 heterocycles. The second-order valence-electron chi connectivity index (χ2n) is 5.57. The van der Waals surface area contributed by atoms with Crippen molar-refractivity contribution in [2.75, 3.05) is 11.5 Å². The molecule has 1 fully saturated rings. The van der Waals surface area contributed by atoms with Crippen molar-refractivity contribution in [3.05, 3.63) is 59.4 Å². The second-order valence-corrected chi connectivity index (χ2v) is 5.57. The number of phenolic OH excluding ortho intramolecular Hbond substituents is 1. The van der Waals surface area contributed by atoms with Crippen molar-refractivity contribution >= 4 is 29.6 Å². The van der Waals surface area contributed by atoms with Gasteiger partial charge in [0.25, 0.3) is 11.8 Å². The predicted octanol–water partition coefficient (Wildman–Crippen LogP) is 2.60. The summed E-state index contributed by atoms with van der Waals surface area (Å²) in [4.78, 5) is 37.5. The van der Waals surface area contributed by atoms with E-state index in [-0.39, 0.29) is 22.8 Å². The molecule has 138 valence electrons. The number of amides is 4. The molecule has 1 aliphatic heterocycles. The average molecular weight is 370 g/mol. The number of rotatable bonds is 4. The van der Waals surface area contributed by atoms with Crippen LogP contribution in [0.1, 0.15) is 12.5 Å². The van der Waals surface area contributed by atoms with E-state index in [1.165, 1.54) is 42.5 Å². The van der Waals surface area contributed by atoms with E-state index < -0.39 is 23.7 Å². The zero-order valence-corrected chi connectivity index (χ0v) is 14.2. The van der Waals surface area contributed by atoms with E-state index in [0.717, 1.165) is 6.07 Å².